The minimum atomic E-state index is -0.916. The fourth-order valence-electron chi connectivity index (χ4n) is 4.68. The number of halogens is 4. The molecule has 38 heavy (non-hydrogen) atoms. The van der Waals surface area contributed by atoms with Crippen molar-refractivity contribution in [2.45, 2.75) is 19.5 Å². The largest absolute Gasteiger partial charge is 0.333 e. The smallest absolute Gasteiger partial charge is 0.326 e. The number of aromatic nitrogens is 2. The quantitative estimate of drug-likeness (QED) is 0.213. The lowest BCUT2D eigenvalue weighted by Crippen LogP contribution is -2.34. The van der Waals surface area contributed by atoms with Crippen LogP contribution in [0.5, 0.6) is 0 Å². The Bertz CT molecular complexity index is 1630. The Balaban J connectivity index is 1.39. The molecule has 0 bridgehead atoms. The summed E-state index contributed by atoms with van der Waals surface area (Å²) in [5, 5.41) is 13.6. The van der Waals surface area contributed by atoms with E-state index in [1.54, 1.807) is 53.2 Å². The van der Waals surface area contributed by atoms with E-state index in [-0.39, 0.29) is 22.6 Å². The highest BCUT2D eigenvalue weighted by atomic mass is 79.9. The summed E-state index contributed by atoms with van der Waals surface area (Å²) >= 11 is 8.95. The standard InChI is InChI=1S/C28H21BrClF2N5O/c29-22-5-4-19(26(31)27(22)32)2-1-10-36-11-8-24-21(16-36)20-12-17(14-33)3-6-23(20)37(24)28(38)35-15-18-7-9-34-25(30)13-18/h1-7,9,12-13H,8,10-11,15-16H2,(H,35,38)/b2-1+. The van der Waals surface area contributed by atoms with Crippen LogP contribution in [0.3, 0.4) is 0 Å². The molecule has 5 rings (SSSR count). The van der Waals surface area contributed by atoms with Gasteiger partial charge in [0.25, 0.3) is 0 Å². The van der Waals surface area contributed by atoms with Crippen molar-refractivity contribution < 1.29 is 13.6 Å². The molecule has 0 saturated carbocycles. The molecule has 0 unspecified atom stereocenters. The topological polar surface area (TPSA) is 74.0 Å². The zero-order valence-electron chi connectivity index (χ0n) is 20.0. The van der Waals surface area contributed by atoms with E-state index in [0.717, 1.165) is 27.7 Å². The predicted molar refractivity (Wildman–Crippen MR) is 146 cm³/mol. The van der Waals surface area contributed by atoms with E-state index in [9.17, 15) is 18.8 Å². The molecule has 0 atom stereocenters. The fraction of sp³-hybridized carbons (Fsp3) is 0.179. The first kappa shape index (κ1) is 26.0. The third kappa shape index (κ3) is 5.20. The second-order valence-electron chi connectivity index (χ2n) is 8.90. The Labute approximate surface area is 231 Å². The molecule has 6 nitrogen and oxygen atoms in total. The van der Waals surface area contributed by atoms with Crippen LogP contribution in [0.1, 0.15) is 27.9 Å². The van der Waals surface area contributed by atoms with Crippen LogP contribution in [-0.2, 0) is 19.5 Å². The van der Waals surface area contributed by atoms with Gasteiger partial charge in [-0.15, -0.1) is 0 Å². The highest BCUT2D eigenvalue weighted by Gasteiger charge is 2.26. The highest BCUT2D eigenvalue weighted by molar-refractivity contribution is 9.10. The van der Waals surface area contributed by atoms with Gasteiger partial charge in [0.2, 0.25) is 0 Å². The van der Waals surface area contributed by atoms with Crippen molar-refractivity contribution in [3.63, 3.8) is 0 Å². The first-order valence-electron chi connectivity index (χ1n) is 11.8. The number of carbonyl (C=O) groups is 1. The van der Waals surface area contributed by atoms with Gasteiger partial charge in [-0.3, -0.25) is 9.47 Å². The van der Waals surface area contributed by atoms with Crippen LogP contribution in [0, 0.1) is 23.0 Å². The molecule has 10 heteroatoms. The molecular weight excluding hydrogens is 576 g/mol. The van der Waals surface area contributed by atoms with Crippen LogP contribution in [0.15, 0.2) is 59.2 Å². The monoisotopic (exact) mass is 595 g/mol. The number of nitrogens with zero attached hydrogens (tertiary/aromatic N) is 4. The van der Waals surface area contributed by atoms with Gasteiger partial charge >= 0.3 is 6.03 Å². The van der Waals surface area contributed by atoms with Gasteiger partial charge in [0.15, 0.2) is 11.6 Å². The molecule has 4 aromatic rings. The van der Waals surface area contributed by atoms with Gasteiger partial charge in [0, 0.05) is 55.4 Å². The summed E-state index contributed by atoms with van der Waals surface area (Å²) in [5.74, 6) is -1.81. The maximum atomic E-state index is 14.2. The molecule has 2 aromatic heterocycles. The molecule has 1 aliphatic rings. The van der Waals surface area contributed by atoms with Crippen molar-refractivity contribution >= 4 is 50.5 Å². The third-order valence-electron chi connectivity index (χ3n) is 6.52. The molecule has 1 N–H and O–H groups in total. The molecule has 0 spiro atoms. The first-order valence-corrected chi connectivity index (χ1v) is 13.0. The van der Waals surface area contributed by atoms with Crippen molar-refractivity contribution in [2.75, 3.05) is 13.1 Å². The van der Waals surface area contributed by atoms with Crippen LogP contribution in [0.25, 0.3) is 17.0 Å². The second kappa shape index (κ2) is 11.0. The number of benzene rings is 2. The van der Waals surface area contributed by atoms with E-state index in [4.69, 9.17) is 11.6 Å². The lowest BCUT2D eigenvalue weighted by Gasteiger charge is -2.27. The van der Waals surface area contributed by atoms with Crippen LogP contribution in [0.4, 0.5) is 13.6 Å². The normalized spacial score (nSPS) is 13.6. The third-order valence-corrected chi connectivity index (χ3v) is 7.34. The zero-order valence-corrected chi connectivity index (χ0v) is 22.4. The molecule has 3 heterocycles. The Morgan fingerprint density at radius 2 is 2.05 bits per heavy atom. The summed E-state index contributed by atoms with van der Waals surface area (Å²) in [6.45, 7) is 2.01. The van der Waals surface area contributed by atoms with E-state index in [1.807, 2.05) is 0 Å². The number of amides is 1. The fourth-order valence-corrected chi connectivity index (χ4v) is 5.18. The number of hydrogen-bond acceptors (Lipinski definition) is 4. The van der Waals surface area contributed by atoms with Crippen molar-refractivity contribution in [2.24, 2.45) is 0 Å². The number of rotatable bonds is 5. The molecule has 1 aliphatic heterocycles. The average molecular weight is 597 g/mol. The van der Waals surface area contributed by atoms with E-state index < -0.39 is 11.6 Å². The number of carbonyl (C=O) groups excluding carboxylic acids is 1. The van der Waals surface area contributed by atoms with Crippen LogP contribution >= 0.6 is 27.5 Å². The van der Waals surface area contributed by atoms with E-state index >= 15 is 0 Å². The van der Waals surface area contributed by atoms with Crippen LogP contribution in [-0.4, -0.2) is 33.6 Å². The number of nitrogens with one attached hydrogen (secondary N) is 1. The number of fused-ring (bicyclic) bond motifs is 3. The van der Waals surface area contributed by atoms with Crippen LogP contribution in [0.2, 0.25) is 5.15 Å². The first-order chi connectivity index (χ1) is 18.4. The van der Waals surface area contributed by atoms with Gasteiger partial charge in [-0.2, -0.15) is 5.26 Å². The van der Waals surface area contributed by atoms with Crippen molar-refractivity contribution in [1.82, 2.24) is 19.8 Å². The summed E-state index contributed by atoms with van der Waals surface area (Å²) in [6.07, 6.45) is 5.56. The van der Waals surface area contributed by atoms with Gasteiger partial charge in [0.05, 0.1) is 21.6 Å². The lowest BCUT2D eigenvalue weighted by molar-refractivity contribution is 0.240. The molecular formula is C28H21BrClF2N5O. The molecule has 0 radical (unpaired) electrons. The van der Waals surface area contributed by atoms with Gasteiger partial charge in [-0.1, -0.05) is 29.8 Å². The number of pyridine rings is 1. The van der Waals surface area contributed by atoms with Crippen LogP contribution < -0.4 is 5.32 Å². The minimum Gasteiger partial charge on any atom is -0.333 e. The molecule has 0 fully saturated rings. The Hall–Kier alpha value is -3.58. The number of nitriles is 1. The maximum absolute atomic E-state index is 14.2. The predicted octanol–water partition coefficient (Wildman–Crippen LogP) is 6.43. The molecule has 1 amide bonds. The van der Waals surface area contributed by atoms with Crippen molar-refractivity contribution in [1.29, 1.82) is 5.26 Å². The molecule has 192 valence electrons. The Morgan fingerprint density at radius 3 is 2.84 bits per heavy atom. The summed E-state index contributed by atoms with van der Waals surface area (Å²) in [5.41, 5.74) is 4.10. The lowest BCUT2D eigenvalue weighted by atomic mass is 10.0. The summed E-state index contributed by atoms with van der Waals surface area (Å²) in [7, 11) is 0. The molecule has 2 aromatic carbocycles. The second-order valence-corrected chi connectivity index (χ2v) is 10.1. The Kier molecular flexibility index (Phi) is 7.56. The number of hydrogen-bond donors (Lipinski definition) is 1. The minimum absolute atomic E-state index is 0.0810. The van der Waals surface area contributed by atoms with E-state index in [0.29, 0.717) is 36.8 Å². The van der Waals surface area contributed by atoms with E-state index in [2.05, 4.69) is 37.2 Å². The SMILES string of the molecule is N#Cc1ccc2c(c1)c1c(n2C(=O)NCc2ccnc(Cl)c2)CCN(C/C=C/c2ccc(Br)c(F)c2F)C1. The van der Waals surface area contributed by atoms with Crippen molar-refractivity contribution in [3.8, 4) is 6.07 Å². The van der Waals surface area contributed by atoms with Gasteiger partial charge in [0.1, 0.15) is 5.15 Å². The summed E-state index contributed by atoms with van der Waals surface area (Å²) < 4.78 is 29.8. The summed E-state index contributed by atoms with van der Waals surface area (Å²) in [4.78, 5) is 19.5. The molecule has 0 saturated heterocycles. The van der Waals surface area contributed by atoms with Gasteiger partial charge in [-0.05, 0) is 63.5 Å². The summed E-state index contributed by atoms with van der Waals surface area (Å²) in [6, 6.07) is 13.7. The molecule has 0 aliphatic carbocycles. The zero-order chi connectivity index (χ0) is 26.8. The van der Waals surface area contributed by atoms with E-state index in [1.165, 1.54) is 12.1 Å². The Morgan fingerprint density at radius 1 is 1.21 bits per heavy atom. The van der Waals surface area contributed by atoms with Gasteiger partial charge < -0.3 is 5.32 Å². The highest BCUT2D eigenvalue weighted by Crippen LogP contribution is 2.32. The van der Waals surface area contributed by atoms with Crippen molar-refractivity contribution in [3.05, 3.63) is 104 Å². The maximum Gasteiger partial charge on any atom is 0.326 e. The average Bonchev–Trinajstić information content (AvgIpc) is 3.24. The van der Waals surface area contributed by atoms with Gasteiger partial charge in [-0.25, -0.2) is 18.6 Å².